The highest BCUT2D eigenvalue weighted by Crippen LogP contribution is 2.48. The molecule has 2 aliphatic carbocycles. The number of aliphatic carboxylic acids is 1. The van der Waals surface area contributed by atoms with E-state index in [1.54, 1.807) is 12.1 Å². The maximum atomic E-state index is 11.9. The van der Waals surface area contributed by atoms with E-state index in [9.17, 15) is 14.7 Å². The number of anilines is 1. The lowest BCUT2D eigenvalue weighted by Crippen LogP contribution is -2.19. The van der Waals surface area contributed by atoms with Crippen LogP contribution in [0.3, 0.4) is 0 Å². The van der Waals surface area contributed by atoms with Crippen LogP contribution in [0.5, 0.6) is 0 Å². The molecule has 1 saturated carbocycles. The fourth-order valence-electron chi connectivity index (χ4n) is 2.94. The predicted octanol–water partition coefficient (Wildman–Crippen LogP) is 3.10. The summed E-state index contributed by atoms with van der Waals surface area (Å²) < 4.78 is 0. The van der Waals surface area contributed by atoms with Gasteiger partial charge in [0.25, 0.3) is 0 Å². The third-order valence-electron chi connectivity index (χ3n) is 4.44. The Kier molecular flexibility index (Phi) is 3.53. The van der Waals surface area contributed by atoms with Gasteiger partial charge in [-0.25, -0.2) is 0 Å². The number of carbonyl (C=O) groups excluding carboxylic acids is 1. The second-order valence-electron chi connectivity index (χ2n) is 5.98. The molecule has 1 aromatic carbocycles. The van der Waals surface area contributed by atoms with E-state index in [0.29, 0.717) is 25.2 Å². The maximum Gasteiger partial charge on any atom is 0.314 e. The van der Waals surface area contributed by atoms with E-state index in [2.05, 4.69) is 17.5 Å². The Labute approximate surface area is 123 Å². The molecule has 0 aliphatic heterocycles. The van der Waals surface area contributed by atoms with Crippen LogP contribution >= 0.6 is 0 Å². The molecular weight excluding hydrogens is 266 g/mol. The molecule has 1 aromatic rings. The highest BCUT2D eigenvalue weighted by Gasteiger charge is 2.51. The van der Waals surface area contributed by atoms with Gasteiger partial charge < -0.3 is 10.4 Å². The Morgan fingerprint density at radius 1 is 1.24 bits per heavy atom. The van der Waals surface area contributed by atoms with Crippen molar-refractivity contribution in [3.05, 3.63) is 42.0 Å². The van der Waals surface area contributed by atoms with Crippen molar-refractivity contribution in [1.82, 2.24) is 0 Å². The Balaban J connectivity index is 1.61. The number of carboxylic acids is 1. The van der Waals surface area contributed by atoms with Crippen LogP contribution in [0.4, 0.5) is 5.69 Å². The zero-order valence-corrected chi connectivity index (χ0v) is 11.8. The summed E-state index contributed by atoms with van der Waals surface area (Å²) in [6.45, 7) is 0. The number of hydrogen-bond acceptors (Lipinski definition) is 2. The summed E-state index contributed by atoms with van der Waals surface area (Å²) in [5.41, 5.74) is 0.871. The van der Waals surface area contributed by atoms with Gasteiger partial charge in [-0.15, -0.1) is 0 Å². The molecule has 1 unspecified atom stereocenters. The highest BCUT2D eigenvalue weighted by atomic mass is 16.4. The number of nitrogens with one attached hydrogen (secondary N) is 1. The summed E-state index contributed by atoms with van der Waals surface area (Å²) in [6, 6.07) is 7.21. The summed E-state index contributed by atoms with van der Waals surface area (Å²) in [4.78, 5) is 23.2. The molecule has 21 heavy (non-hydrogen) atoms. The quantitative estimate of drug-likeness (QED) is 0.817. The first-order chi connectivity index (χ1) is 10.1. The van der Waals surface area contributed by atoms with E-state index in [0.717, 1.165) is 24.1 Å². The second kappa shape index (κ2) is 5.35. The van der Waals surface area contributed by atoms with Gasteiger partial charge in [-0.2, -0.15) is 0 Å². The number of carbonyl (C=O) groups is 2. The number of hydrogen-bond donors (Lipinski definition) is 2. The molecule has 2 aliphatic rings. The third-order valence-corrected chi connectivity index (χ3v) is 4.44. The van der Waals surface area contributed by atoms with Crippen molar-refractivity contribution in [1.29, 1.82) is 0 Å². The predicted molar refractivity (Wildman–Crippen MR) is 80.1 cm³/mol. The minimum atomic E-state index is -0.757. The molecule has 1 atom stereocenters. The van der Waals surface area contributed by atoms with Crippen LogP contribution in [0.1, 0.15) is 37.7 Å². The summed E-state index contributed by atoms with van der Waals surface area (Å²) in [6.07, 6.45) is 8.24. The number of rotatable bonds is 5. The fraction of sp³-hybridized carbons (Fsp3) is 0.412. The number of amides is 1. The highest BCUT2D eigenvalue weighted by molar-refractivity contribution is 5.91. The fourth-order valence-corrected chi connectivity index (χ4v) is 2.94. The molecule has 0 saturated heterocycles. The van der Waals surface area contributed by atoms with Crippen molar-refractivity contribution in [2.24, 2.45) is 5.92 Å². The Bertz CT molecular complexity index is 585. The largest absolute Gasteiger partial charge is 0.481 e. The van der Waals surface area contributed by atoms with Crippen LogP contribution in [-0.4, -0.2) is 17.0 Å². The lowest BCUT2D eigenvalue weighted by Gasteiger charge is -2.12. The summed E-state index contributed by atoms with van der Waals surface area (Å²) in [5, 5.41) is 12.1. The van der Waals surface area contributed by atoms with Crippen molar-refractivity contribution in [2.45, 2.75) is 37.5 Å². The molecule has 4 heteroatoms. The van der Waals surface area contributed by atoms with Gasteiger partial charge in [0.1, 0.15) is 0 Å². The molecule has 0 bridgehead atoms. The smallest absolute Gasteiger partial charge is 0.314 e. The van der Waals surface area contributed by atoms with Crippen molar-refractivity contribution in [3.8, 4) is 0 Å². The molecule has 0 heterocycles. The summed E-state index contributed by atoms with van der Waals surface area (Å²) in [5.74, 6) is -0.392. The van der Waals surface area contributed by atoms with Gasteiger partial charge in [-0.3, -0.25) is 9.59 Å². The van der Waals surface area contributed by atoms with E-state index >= 15 is 0 Å². The second-order valence-corrected chi connectivity index (χ2v) is 5.98. The zero-order chi connectivity index (χ0) is 14.9. The molecule has 0 spiro atoms. The first-order valence-corrected chi connectivity index (χ1v) is 7.41. The minimum absolute atomic E-state index is 0.0127. The van der Waals surface area contributed by atoms with E-state index in [1.165, 1.54) is 0 Å². The van der Waals surface area contributed by atoms with Gasteiger partial charge >= 0.3 is 5.97 Å². The molecule has 1 amide bonds. The zero-order valence-electron chi connectivity index (χ0n) is 11.8. The van der Waals surface area contributed by atoms with Crippen LogP contribution in [0.2, 0.25) is 0 Å². The van der Waals surface area contributed by atoms with Gasteiger partial charge in [-0.1, -0.05) is 24.3 Å². The van der Waals surface area contributed by atoms with E-state index in [1.807, 2.05) is 12.1 Å². The van der Waals surface area contributed by atoms with Crippen LogP contribution < -0.4 is 5.32 Å². The van der Waals surface area contributed by atoms with E-state index in [-0.39, 0.29) is 5.91 Å². The summed E-state index contributed by atoms with van der Waals surface area (Å²) >= 11 is 0. The number of allylic oxidation sites excluding steroid dienone is 2. The molecule has 1 fully saturated rings. The molecule has 4 nitrogen and oxygen atoms in total. The van der Waals surface area contributed by atoms with Crippen LogP contribution in [0.25, 0.3) is 0 Å². The van der Waals surface area contributed by atoms with Gasteiger partial charge in [0.05, 0.1) is 5.41 Å². The van der Waals surface area contributed by atoms with Gasteiger partial charge in [0.2, 0.25) is 5.91 Å². The first kappa shape index (κ1) is 13.9. The molecule has 0 radical (unpaired) electrons. The maximum absolute atomic E-state index is 11.9. The molecule has 3 rings (SSSR count). The average molecular weight is 285 g/mol. The van der Waals surface area contributed by atoms with Gasteiger partial charge in [0, 0.05) is 12.1 Å². The monoisotopic (exact) mass is 285 g/mol. The number of carboxylic acid groups (broad SMARTS) is 1. The molecule has 110 valence electrons. The van der Waals surface area contributed by atoms with E-state index in [4.69, 9.17) is 0 Å². The van der Waals surface area contributed by atoms with Crippen molar-refractivity contribution >= 4 is 17.6 Å². The van der Waals surface area contributed by atoms with Gasteiger partial charge in [-0.05, 0) is 49.3 Å². The first-order valence-electron chi connectivity index (χ1n) is 7.41. The Morgan fingerprint density at radius 2 is 1.95 bits per heavy atom. The lowest BCUT2D eigenvalue weighted by molar-refractivity contribution is -0.140. The summed E-state index contributed by atoms with van der Waals surface area (Å²) in [7, 11) is 0. The average Bonchev–Trinajstić information content (AvgIpc) is 3.12. The Morgan fingerprint density at radius 3 is 2.48 bits per heavy atom. The normalized spacial score (nSPS) is 22.0. The van der Waals surface area contributed by atoms with Gasteiger partial charge in [0.15, 0.2) is 0 Å². The topological polar surface area (TPSA) is 66.4 Å². The molecule has 2 N–H and O–H groups in total. The third kappa shape index (κ3) is 2.84. The van der Waals surface area contributed by atoms with E-state index < -0.39 is 11.4 Å². The molecular formula is C17H19NO3. The van der Waals surface area contributed by atoms with Crippen LogP contribution in [0, 0.1) is 5.92 Å². The SMILES string of the molecule is O=C(CC1C=CCC1)Nc1ccc(C2(C(=O)O)CC2)cc1. The minimum Gasteiger partial charge on any atom is -0.481 e. The molecule has 0 aromatic heterocycles. The van der Waals surface area contributed by atoms with Crippen molar-refractivity contribution in [2.75, 3.05) is 5.32 Å². The van der Waals surface area contributed by atoms with Crippen molar-refractivity contribution < 1.29 is 14.7 Å². The standard InChI is InChI=1S/C17H19NO3/c19-15(11-12-3-1-2-4-12)18-14-7-5-13(6-8-14)17(9-10-17)16(20)21/h1,3,5-8,12H,2,4,9-11H2,(H,18,19)(H,20,21). The van der Waals surface area contributed by atoms with Crippen LogP contribution in [-0.2, 0) is 15.0 Å². The van der Waals surface area contributed by atoms with Crippen molar-refractivity contribution in [3.63, 3.8) is 0 Å². The Hall–Kier alpha value is -2.10. The number of benzene rings is 1. The lowest BCUT2D eigenvalue weighted by atomic mass is 9.96. The van der Waals surface area contributed by atoms with Crippen LogP contribution in [0.15, 0.2) is 36.4 Å².